The van der Waals surface area contributed by atoms with Crippen LogP contribution < -0.4 is 5.56 Å². The van der Waals surface area contributed by atoms with E-state index in [0.717, 1.165) is 51.2 Å². The fourth-order valence-corrected chi connectivity index (χ4v) is 3.47. The second-order valence-electron chi connectivity index (χ2n) is 5.87. The minimum Gasteiger partial charge on any atom is -0.461 e. The summed E-state index contributed by atoms with van der Waals surface area (Å²) in [7, 11) is 0. The Morgan fingerprint density at radius 1 is 1.13 bits per heavy atom. The summed E-state index contributed by atoms with van der Waals surface area (Å²) < 4.78 is 8.28. The maximum atomic E-state index is 12.9. The Kier molecular flexibility index (Phi) is 3.27. The van der Waals surface area contributed by atoms with E-state index >= 15 is 0 Å². The Morgan fingerprint density at radius 2 is 1.96 bits per heavy atom. The minimum atomic E-state index is -0.0811. The first-order valence-electron chi connectivity index (χ1n) is 7.53. The van der Waals surface area contributed by atoms with Crippen molar-refractivity contribution < 1.29 is 4.42 Å². The van der Waals surface area contributed by atoms with Crippen molar-refractivity contribution in [3.05, 3.63) is 56.6 Å². The van der Waals surface area contributed by atoms with Crippen LogP contribution in [0.4, 0.5) is 0 Å². The largest absolute Gasteiger partial charge is 0.461 e. The molecule has 0 aliphatic carbocycles. The first-order valence-corrected chi connectivity index (χ1v) is 8.32. The number of nitrogens with zero attached hydrogens (tertiary/aromatic N) is 2. The summed E-state index contributed by atoms with van der Waals surface area (Å²) in [6.45, 7) is 3.88. The van der Waals surface area contributed by atoms with E-state index in [-0.39, 0.29) is 5.56 Å². The molecule has 5 heteroatoms. The van der Waals surface area contributed by atoms with Crippen molar-refractivity contribution >= 4 is 32.4 Å². The molecule has 1 aliphatic rings. The summed E-state index contributed by atoms with van der Waals surface area (Å²) in [6, 6.07) is 9.68. The van der Waals surface area contributed by atoms with Crippen LogP contribution in [0, 0.1) is 6.92 Å². The van der Waals surface area contributed by atoms with E-state index in [1.54, 1.807) is 4.68 Å². The SMILES string of the molecule is CC1=Nn2c(c(-c3ccc(C)o3)c3ccc(Br)cc3c2=O)CC1. The average molecular weight is 371 g/mol. The van der Waals surface area contributed by atoms with Gasteiger partial charge in [0.1, 0.15) is 11.5 Å². The molecular weight excluding hydrogens is 356 g/mol. The first kappa shape index (κ1) is 14.5. The zero-order chi connectivity index (χ0) is 16.1. The lowest BCUT2D eigenvalue weighted by atomic mass is 9.98. The average Bonchev–Trinajstić information content (AvgIpc) is 2.95. The van der Waals surface area contributed by atoms with E-state index < -0.39 is 0 Å². The van der Waals surface area contributed by atoms with Gasteiger partial charge >= 0.3 is 0 Å². The van der Waals surface area contributed by atoms with Crippen LogP contribution in [-0.2, 0) is 6.42 Å². The van der Waals surface area contributed by atoms with Gasteiger partial charge in [-0.3, -0.25) is 4.79 Å². The number of hydrogen-bond donors (Lipinski definition) is 0. The molecule has 0 saturated carbocycles. The van der Waals surface area contributed by atoms with Gasteiger partial charge in [-0.2, -0.15) is 5.10 Å². The van der Waals surface area contributed by atoms with E-state index in [9.17, 15) is 4.79 Å². The molecule has 4 rings (SSSR count). The quantitative estimate of drug-likeness (QED) is 0.632. The molecule has 0 saturated heterocycles. The summed E-state index contributed by atoms with van der Waals surface area (Å²) >= 11 is 3.45. The molecule has 23 heavy (non-hydrogen) atoms. The second kappa shape index (κ2) is 5.20. The zero-order valence-electron chi connectivity index (χ0n) is 12.9. The van der Waals surface area contributed by atoms with Crippen molar-refractivity contribution in [3.8, 4) is 11.3 Å². The molecule has 3 aromatic rings. The van der Waals surface area contributed by atoms with Crippen LogP contribution in [0.2, 0.25) is 0 Å². The van der Waals surface area contributed by atoms with Crippen LogP contribution in [-0.4, -0.2) is 10.4 Å². The highest BCUT2D eigenvalue weighted by Crippen LogP contribution is 2.34. The van der Waals surface area contributed by atoms with Crippen LogP contribution in [0.15, 0.2) is 49.1 Å². The van der Waals surface area contributed by atoms with Crippen molar-refractivity contribution in [2.75, 3.05) is 0 Å². The zero-order valence-corrected chi connectivity index (χ0v) is 14.5. The number of aromatic nitrogens is 1. The lowest BCUT2D eigenvalue weighted by Gasteiger charge is -2.19. The Bertz CT molecular complexity index is 1030. The highest BCUT2D eigenvalue weighted by atomic mass is 79.9. The van der Waals surface area contributed by atoms with Crippen LogP contribution >= 0.6 is 15.9 Å². The van der Waals surface area contributed by atoms with E-state index in [1.165, 1.54) is 0 Å². The molecule has 0 atom stereocenters. The van der Waals surface area contributed by atoms with Crippen molar-refractivity contribution in [3.63, 3.8) is 0 Å². The van der Waals surface area contributed by atoms with Crippen LogP contribution in [0.25, 0.3) is 22.1 Å². The molecule has 3 heterocycles. The van der Waals surface area contributed by atoms with Crippen molar-refractivity contribution in [2.45, 2.75) is 26.7 Å². The minimum absolute atomic E-state index is 0.0811. The number of benzene rings is 1. The van der Waals surface area contributed by atoms with Gasteiger partial charge in [-0.25, -0.2) is 4.68 Å². The summed E-state index contributed by atoms with van der Waals surface area (Å²) in [5, 5.41) is 6.04. The van der Waals surface area contributed by atoms with Crippen LogP contribution in [0.5, 0.6) is 0 Å². The molecule has 0 spiro atoms. The third-order valence-electron chi connectivity index (χ3n) is 4.20. The van der Waals surface area contributed by atoms with E-state index in [1.807, 2.05) is 44.2 Å². The standard InChI is InChI=1S/C18H15BrN2O2/c1-10-3-7-15-17(16-8-4-11(2)23-16)13-6-5-12(19)9-14(13)18(22)21(15)20-10/h4-6,8-9H,3,7H2,1-2H3. The number of hydrogen-bond acceptors (Lipinski definition) is 3. The molecule has 0 fully saturated rings. The number of furan rings is 1. The van der Waals surface area contributed by atoms with Gasteiger partial charge in [0.05, 0.1) is 11.1 Å². The van der Waals surface area contributed by atoms with Crippen LogP contribution in [0.1, 0.15) is 24.8 Å². The molecule has 1 aromatic carbocycles. The lowest BCUT2D eigenvalue weighted by Crippen LogP contribution is -2.26. The third kappa shape index (κ3) is 2.27. The highest BCUT2D eigenvalue weighted by Gasteiger charge is 2.22. The van der Waals surface area contributed by atoms with Gasteiger partial charge in [0.15, 0.2) is 0 Å². The maximum Gasteiger partial charge on any atom is 0.279 e. The summed E-state index contributed by atoms with van der Waals surface area (Å²) in [5.41, 5.74) is 2.78. The molecule has 2 aromatic heterocycles. The molecule has 116 valence electrons. The smallest absolute Gasteiger partial charge is 0.279 e. The summed E-state index contributed by atoms with van der Waals surface area (Å²) in [5.74, 6) is 1.64. The van der Waals surface area contributed by atoms with Gasteiger partial charge < -0.3 is 4.42 Å². The van der Waals surface area contributed by atoms with Gasteiger partial charge in [0.25, 0.3) is 5.56 Å². The number of halogens is 1. The number of rotatable bonds is 1. The van der Waals surface area contributed by atoms with Gasteiger partial charge in [0.2, 0.25) is 0 Å². The summed E-state index contributed by atoms with van der Waals surface area (Å²) in [6.07, 6.45) is 1.64. The maximum absolute atomic E-state index is 12.9. The van der Waals surface area contributed by atoms with E-state index in [2.05, 4.69) is 21.0 Å². The Morgan fingerprint density at radius 3 is 2.70 bits per heavy atom. The molecule has 1 aliphatic heterocycles. The monoisotopic (exact) mass is 370 g/mol. The molecule has 0 N–H and O–H groups in total. The molecular formula is C18H15BrN2O2. The van der Waals surface area contributed by atoms with E-state index in [4.69, 9.17) is 4.42 Å². The van der Waals surface area contributed by atoms with Crippen molar-refractivity contribution in [1.82, 2.24) is 4.68 Å². The number of aryl methyl sites for hydroxylation is 1. The molecule has 4 nitrogen and oxygen atoms in total. The Labute approximate surface area is 141 Å². The predicted molar refractivity (Wildman–Crippen MR) is 95.2 cm³/mol. The highest BCUT2D eigenvalue weighted by molar-refractivity contribution is 9.10. The predicted octanol–water partition coefficient (Wildman–Crippen LogP) is 4.50. The molecule has 0 unspecified atom stereocenters. The van der Waals surface area contributed by atoms with Crippen molar-refractivity contribution in [1.29, 1.82) is 0 Å². The lowest BCUT2D eigenvalue weighted by molar-refractivity contribution is 0.546. The van der Waals surface area contributed by atoms with Gasteiger partial charge in [-0.05, 0) is 51.0 Å². The molecule has 0 bridgehead atoms. The topological polar surface area (TPSA) is 47.5 Å². The Hall–Kier alpha value is -2.14. The number of fused-ring (bicyclic) bond motifs is 2. The third-order valence-corrected chi connectivity index (χ3v) is 4.69. The molecule has 0 radical (unpaired) electrons. The molecule has 0 amide bonds. The van der Waals surface area contributed by atoms with E-state index in [0.29, 0.717) is 5.39 Å². The van der Waals surface area contributed by atoms with Gasteiger partial charge in [0, 0.05) is 21.1 Å². The van der Waals surface area contributed by atoms with Gasteiger partial charge in [-0.15, -0.1) is 0 Å². The van der Waals surface area contributed by atoms with Gasteiger partial charge in [-0.1, -0.05) is 22.0 Å². The Balaban J connectivity index is 2.20. The fraction of sp³-hybridized carbons (Fsp3) is 0.222. The van der Waals surface area contributed by atoms with Crippen LogP contribution in [0.3, 0.4) is 0 Å². The fourth-order valence-electron chi connectivity index (χ4n) is 3.11. The summed E-state index contributed by atoms with van der Waals surface area (Å²) in [4.78, 5) is 12.9. The second-order valence-corrected chi connectivity index (χ2v) is 6.79. The normalized spacial score (nSPS) is 14.0. The first-order chi connectivity index (χ1) is 11.0. The van der Waals surface area contributed by atoms with Crippen molar-refractivity contribution in [2.24, 2.45) is 5.10 Å². The number of pyridine rings is 1.